The van der Waals surface area contributed by atoms with Gasteiger partial charge in [-0.05, 0) is 29.7 Å². The van der Waals surface area contributed by atoms with Crippen LogP contribution in [0.2, 0.25) is 0 Å². The molecule has 0 amide bonds. The molecule has 0 spiro atoms. The quantitative estimate of drug-likeness (QED) is 0.623. The highest BCUT2D eigenvalue weighted by atomic mass is 14.5. The summed E-state index contributed by atoms with van der Waals surface area (Å²) in [4.78, 5) is 0. The van der Waals surface area contributed by atoms with Gasteiger partial charge in [-0.1, -0.05) is 66.8 Å². The van der Waals surface area contributed by atoms with Crippen molar-refractivity contribution in [3.63, 3.8) is 0 Å². The number of rotatable bonds is 3. The monoisotopic (exact) mass is 235 g/mol. The minimum Gasteiger partial charge on any atom is -0.398 e. The maximum atomic E-state index is 5.88. The van der Waals surface area contributed by atoms with E-state index < -0.39 is 0 Å². The molecule has 0 heterocycles. The van der Waals surface area contributed by atoms with Gasteiger partial charge < -0.3 is 5.73 Å². The van der Waals surface area contributed by atoms with Gasteiger partial charge in [0.1, 0.15) is 0 Å². The van der Waals surface area contributed by atoms with Crippen LogP contribution in [0.4, 0.5) is 5.69 Å². The third-order valence-corrected chi connectivity index (χ3v) is 2.88. The molecule has 0 aliphatic rings. The highest BCUT2D eigenvalue weighted by molar-refractivity contribution is 5.79. The molecule has 1 nitrogen and oxygen atoms in total. The zero-order chi connectivity index (χ0) is 13.0. The Morgan fingerprint density at radius 3 is 2.39 bits per heavy atom. The lowest BCUT2D eigenvalue weighted by molar-refractivity contribution is 1.46. The van der Waals surface area contributed by atoms with Crippen LogP contribution in [0.5, 0.6) is 0 Å². The summed E-state index contributed by atoms with van der Waals surface area (Å²) in [5.74, 6) is 0. The largest absolute Gasteiger partial charge is 0.398 e. The summed E-state index contributed by atoms with van der Waals surface area (Å²) in [6.45, 7) is 6.15. The molecule has 0 aliphatic carbocycles. The molecule has 2 aromatic rings. The number of para-hydroxylation sites is 1. The van der Waals surface area contributed by atoms with Crippen LogP contribution < -0.4 is 5.73 Å². The average molecular weight is 235 g/mol. The lowest BCUT2D eigenvalue weighted by Crippen LogP contribution is -1.87. The second kappa shape index (κ2) is 5.37. The maximum Gasteiger partial charge on any atom is 0.0387 e. The molecular formula is C17H17N. The lowest BCUT2D eigenvalue weighted by atomic mass is 10.0. The van der Waals surface area contributed by atoms with E-state index in [2.05, 4.69) is 37.8 Å². The van der Waals surface area contributed by atoms with Gasteiger partial charge in [0.15, 0.2) is 0 Å². The minimum atomic E-state index is 0.783. The number of benzene rings is 2. The van der Waals surface area contributed by atoms with Crippen LogP contribution in [-0.4, -0.2) is 0 Å². The number of hydrogen-bond donors (Lipinski definition) is 1. The van der Waals surface area contributed by atoms with E-state index in [-0.39, 0.29) is 0 Å². The van der Waals surface area contributed by atoms with Gasteiger partial charge in [0.2, 0.25) is 0 Å². The Bertz CT molecular complexity index is 577. The predicted octanol–water partition coefficient (Wildman–Crippen LogP) is 4.30. The number of nitrogen functional groups attached to an aromatic ring is 1. The molecule has 2 aromatic carbocycles. The van der Waals surface area contributed by atoms with Crippen LogP contribution in [0.1, 0.15) is 16.7 Å². The summed E-state index contributed by atoms with van der Waals surface area (Å²) in [5, 5.41) is 0. The van der Waals surface area contributed by atoms with Crippen molar-refractivity contribution >= 4 is 17.3 Å². The van der Waals surface area contributed by atoms with Crippen molar-refractivity contribution in [2.45, 2.75) is 6.92 Å². The van der Waals surface area contributed by atoms with Gasteiger partial charge in [-0.2, -0.15) is 0 Å². The Balaban J connectivity index is 2.17. The molecule has 0 aromatic heterocycles. The molecule has 2 rings (SSSR count). The fourth-order valence-corrected chi connectivity index (χ4v) is 1.72. The second-order valence-corrected chi connectivity index (χ2v) is 4.35. The first-order valence-electron chi connectivity index (χ1n) is 5.95. The van der Waals surface area contributed by atoms with E-state index in [1.54, 1.807) is 0 Å². The molecule has 0 unspecified atom stereocenters. The van der Waals surface area contributed by atoms with Crippen molar-refractivity contribution in [1.82, 2.24) is 0 Å². The number of anilines is 1. The Morgan fingerprint density at radius 2 is 1.72 bits per heavy atom. The molecule has 0 saturated heterocycles. The number of aryl methyl sites for hydroxylation is 1. The van der Waals surface area contributed by atoms with Crippen LogP contribution in [0.25, 0.3) is 11.6 Å². The topological polar surface area (TPSA) is 26.0 Å². The van der Waals surface area contributed by atoms with E-state index in [4.69, 9.17) is 5.73 Å². The van der Waals surface area contributed by atoms with Crippen LogP contribution in [-0.2, 0) is 0 Å². The first kappa shape index (κ1) is 12.2. The van der Waals surface area contributed by atoms with Crippen molar-refractivity contribution in [1.29, 1.82) is 0 Å². The van der Waals surface area contributed by atoms with E-state index in [1.165, 1.54) is 5.56 Å². The molecule has 90 valence electrons. The third kappa shape index (κ3) is 2.89. The first-order chi connectivity index (χ1) is 8.66. The smallest absolute Gasteiger partial charge is 0.0387 e. The molecule has 0 radical (unpaired) electrons. The summed E-state index contributed by atoms with van der Waals surface area (Å²) in [6.07, 6.45) is 3.99. The van der Waals surface area contributed by atoms with E-state index in [0.717, 1.165) is 22.4 Å². The zero-order valence-electron chi connectivity index (χ0n) is 10.6. The third-order valence-electron chi connectivity index (χ3n) is 2.88. The molecule has 0 fully saturated rings. The van der Waals surface area contributed by atoms with Crippen molar-refractivity contribution < 1.29 is 0 Å². The van der Waals surface area contributed by atoms with Crippen LogP contribution >= 0.6 is 0 Å². The Kier molecular flexibility index (Phi) is 3.63. The van der Waals surface area contributed by atoms with Gasteiger partial charge in [0.05, 0.1) is 0 Å². The summed E-state index contributed by atoms with van der Waals surface area (Å²) in [5.41, 5.74) is 11.1. The summed E-state index contributed by atoms with van der Waals surface area (Å²) in [6, 6.07) is 16.1. The van der Waals surface area contributed by atoms with Gasteiger partial charge in [0, 0.05) is 5.69 Å². The molecule has 0 aliphatic heterocycles. The summed E-state index contributed by atoms with van der Waals surface area (Å²) in [7, 11) is 0. The Hall–Kier alpha value is -2.28. The first-order valence-corrected chi connectivity index (χ1v) is 5.95. The standard InChI is InChI=1S/C17H17N/c1-13-7-10-15(11-8-13)14(2)9-12-16-5-3-4-6-17(16)18/h3-12H,2,18H2,1H3/b12-9-. The van der Waals surface area contributed by atoms with Crippen LogP contribution in [0.3, 0.4) is 0 Å². The van der Waals surface area contributed by atoms with Crippen molar-refractivity contribution in [2.24, 2.45) is 0 Å². The second-order valence-electron chi connectivity index (χ2n) is 4.35. The zero-order valence-corrected chi connectivity index (χ0v) is 10.6. The number of hydrogen-bond acceptors (Lipinski definition) is 1. The fraction of sp³-hybridized carbons (Fsp3) is 0.0588. The molecule has 1 heteroatoms. The van der Waals surface area contributed by atoms with E-state index in [9.17, 15) is 0 Å². The molecule has 18 heavy (non-hydrogen) atoms. The Labute approximate surface area is 108 Å². The molecule has 0 atom stereocenters. The average Bonchev–Trinajstić information content (AvgIpc) is 2.38. The molecule has 2 N–H and O–H groups in total. The van der Waals surface area contributed by atoms with Crippen LogP contribution in [0, 0.1) is 6.92 Å². The highest BCUT2D eigenvalue weighted by Crippen LogP contribution is 2.18. The van der Waals surface area contributed by atoms with Gasteiger partial charge in [-0.15, -0.1) is 0 Å². The fourth-order valence-electron chi connectivity index (χ4n) is 1.72. The summed E-state index contributed by atoms with van der Waals surface area (Å²) < 4.78 is 0. The highest BCUT2D eigenvalue weighted by Gasteiger charge is 1.96. The van der Waals surface area contributed by atoms with Gasteiger partial charge in [-0.3, -0.25) is 0 Å². The van der Waals surface area contributed by atoms with Crippen molar-refractivity contribution in [3.8, 4) is 0 Å². The van der Waals surface area contributed by atoms with E-state index in [1.807, 2.05) is 36.4 Å². The SMILES string of the molecule is C=C(/C=C\c1ccccc1N)c1ccc(C)cc1. The van der Waals surface area contributed by atoms with Crippen molar-refractivity contribution in [2.75, 3.05) is 5.73 Å². The van der Waals surface area contributed by atoms with Gasteiger partial charge in [-0.25, -0.2) is 0 Å². The predicted molar refractivity (Wildman–Crippen MR) is 80.1 cm³/mol. The Morgan fingerprint density at radius 1 is 1.06 bits per heavy atom. The van der Waals surface area contributed by atoms with Crippen molar-refractivity contribution in [3.05, 3.63) is 77.9 Å². The van der Waals surface area contributed by atoms with Crippen LogP contribution in [0.15, 0.2) is 61.2 Å². The molecule has 0 bridgehead atoms. The number of allylic oxidation sites excluding steroid dienone is 2. The van der Waals surface area contributed by atoms with Gasteiger partial charge in [0.25, 0.3) is 0 Å². The van der Waals surface area contributed by atoms with E-state index in [0.29, 0.717) is 0 Å². The minimum absolute atomic E-state index is 0.783. The van der Waals surface area contributed by atoms with E-state index >= 15 is 0 Å². The maximum absolute atomic E-state index is 5.88. The molecular weight excluding hydrogens is 218 g/mol. The van der Waals surface area contributed by atoms with Gasteiger partial charge >= 0.3 is 0 Å². The lowest BCUT2D eigenvalue weighted by Gasteiger charge is -2.02. The summed E-state index contributed by atoms with van der Waals surface area (Å²) >= 11 is 0. The number of nitrogens with two attached hydrogens (primary N) is 1. The molecule has 0 saturated carbocycles. The normalized spacial score (nSPS) is 10.7.